The van der Waals surface area contributed by atoms with Gasteiger partial charge in [0, 0.05) is 55.1 Å². The van der Waals surface area contributed by atoms with Crippen LogP contribution in [0.15, 0.2) is 48.7 Å². The fourth-order valence-corrected chi connectivity index (χ4v) is 5.77. The number of nitrogens with one attached hydrogen (secondary N) is 1. The third kappa shape index (κ3) is 6.73. The van der Waals surface area contributed by atoms with Crippen LogP contribution in [-0.4, -0.2) is 73.5 Å². The number of H-pyrrole nitrogens is 1. The van der Waals surface area contributed by atoms with Crippen LogP contribution in [0.25, 0.3) is 22.6 Å². The van der Waals surface area contributed by atoms with Crippen molar-refractivity contribution in [1.82, 2.24) is 34.6 Å². The zero-order valence-corrected chi connectivity index (χ0v) is 25.5. The zero-order chi connectivity index (χ0) is 32.7. The number of piperazine rings is 1. The van der Waals surface area contributed by atoms with Gasteiger partial charge in [-0.05, 0) is 36.8 Å². The van der Waals surface area contributed by atoms with Crippen LogP contribution in [0.2, 0.25) is 5.02 Å². The Hall–Kier alpha value is -4.34. The second-order valence-corrected chi connectivity index (χ2v) is 11.8. The molecule has 2 aliphatic rings. The Balaban J connectivity index is 1.04. The summed E-state index contributed by atoms with van der Waals surface area (Å²) in [5.74, 6) is -1.62. The smallest absolute Gasteiger partial charge is 0.451 e. The van der Waals surface area contributed by atoms with Crippen LogP contribution in [0, 0.1) is 11.6 Å². The normalized spacial score (nSPS) is 17.3. The van der Waals surface area contributed by atoms with Crippen molar-refractivity contribution in [1.29, 1.82) is 0 Å². The van der Waals surface area contributed by atoms with Crippen molar-refractivity contribution in [3.8, 4) is 17.3 Å². The molecule has 2 aromatic carbocycles. The van der Waals surface area contributed by atoms with E-state index in [9.17, 15) is 22.0 Å². The Labute approximate surface area is 270 Å². The second-order valence-electron chi connectivity index (χ2n) is 11.4. The van der Waals surface area contributed by atoms with Gasteiger partial charge in [-0.1, -0.05) is 17.7 Å². The minimum Gasteiger partial charge on any atom is -0.486 e. The molecular formula is C31H28ClF5N8O2. The van der Waals surface area contributed by atoms with Crippen LogP contribution in [0.5, 0.6) is 5.75 Å². The molecule has 16 heteroatoms. The van der Waals surface area contributed by atoms with E-state index in [1.807, 2.05) is 5.10 Å². The van der Waals surface area contributed by atoms with Gasteiger partial charge in [0.1, 0.15) is 23.9 Å². The van der Waals surface area contributed by atoms with Gasteiger partial charge in [0.25, 0.3) is 0 Å². The van der Waals surface area contributed by atoms with Gasteiger partial charge < -0.3 is 18.9 Å². The summed E-state index contributed by atoms with van der Waals surface area (Å²) in [6.45, 7) is 4.33. The van der Waals surface area contributed by atoms with E-state index in [1.165, 1.54) is 18.2 Å². The summed E-state index contributed by atoms with van der Waals surface area (Å²) in [6.07, 6.45) is -2.12. The third-order valence-electron chi connectivity index (χ3n) is 8.29. The fourth-order valence-electron chi connectivity index (χ4n) is 5.61. The van der Waals surface area contributed by atoms with Crippen LogP contribution in [0.1, 0.15) is 23.6 Å². The van der Waals surface area contributed by atoms with Gasteiger partial charge >= 0.3 is 6.18 Å². The number of nitrogens with zero attached hydrogens (tertiary/aromatic N) is 7. The highest BCUT2D eigenvalue weighted by Crippen LogP contribution is 2.30. The number of hydrogen-bond donors (Lipinski definition) is 1. The molecule has 0 radical (unpaired) electrons. The average Bonchev–Trinajstić information content (AvgIpc) is 3.65. The lowest BCUT2D eigenvalue weighted by Gasteiger charge is -2.36. The molecule has 7 rings (SSSR count). The lowest BCUT2D eigenvalue weighted by atomic mass is 10.2. The summed E-state index contributed by atoms with van der Waals surface area (Å²) in [5.41, 5.74) is 2.53. The Bertz CT molecular complexity index is 1900. The molecule has 2 aliphatic heterocycles. The van der Waals surface area contributed by atoms with Gasteiger partial charge in [-0.3, -0.25) is 15.0 Å². The van der Waals surface area contributed by atoms with Crippen molar-refractivity contribution in [2.24, 2.45) is 0 Å². The molecular weight excluding hydrogens is 647 g/mol. The van der Waals surface area contributed by atoms with Crippen molar-refractivity contribution < 1.29 is 31.4 Å². The summed E-state index contributed by atoms with van der Waals surface area (Å²) in [7, 11) is 0. The Kier molecular flexibility index (Phi) is 8.45. The highest BCUT2D eigenvalue weighted by molar-refractivity contribution is 6.30. The number of alkyl halides is 3. The van der Waals surface area contributed by atoms with E-state index in [-0.39, 0.29) is 40.6 Å². The first-order valence-corrected chi connectivity index (χ1v) is 15.3. The summed E-state index contributed by atoms with van der Waals surface area (Å²) in [5, 5.41) is 5.88. The summed E-state index contributed by atoms with van der Waals surface area (Å²) >= 11 is 5.82. The quantitative estimate of drug-likeness (QED) is 0.195. The van der Waals surface area contributed by atoms with Crippen molar-refractivity contribution >= 4 is 28.3 Å². The van der Waals surface area contributed by atoms with Gasteiger partial charge in [0.15, 0.2) is 17.4 Å². The first-order valence-electron chi connectivity index (χ1n) is 14.9. The Morgan fingerprint density at radius 1 is 1.00 bits per heavy atom. The van der Waals surface area contributed by atoms with Gasteiger partial charge in [-0.25, -0.2) is 18.7 Å². The monoisotopic (exact) mass is 674 g/mol. The number of anilines is 1. The maximum atomic E-state index is 14.6. The highest BCUT2D eigenvalue weighted by atomic mass is 35.5. The predicted molar refractivity (Wildman–Crippen MR) is 162 cm³/mol. The van der Waals surface area contributed by atoms with E-state index < -0.39 is 23.6 Å². The van der Waals surface area contributed by atoms with Crippen LogP contribution in [-0.2, 0) is 30.6 Å². The van der Waals surface area contributed by atoms with Crippen LogP contribution >= 0.6 is 11.6 Å². The molecule has 0 amide bonds. The number of rotatable bonds is 9. The number of halogens is 6. The average molecular weight is 675 g/mol. The molecule has 5 aromatic rings. The molecule has 3 aromatic heterocycles. The largest absolute Gasteiger partial charge is 0.486 e. The first kappa shape index (κ1) is 31.3. The van der Waals surface area contributed by atoms with Crippen molar-refractivity contribution in [2.75, 3.05) is 37.7 Å². The number of hydrogen-bond acceptors (Lipinski definition) is 8. The van der Waals surface area contributed by atoms with E-state index >= 15 is 0 Å². The molecule has 2 fully saturated rings. The van der Waals surface area contributed by atoms with Crippen LogP contribution in [0.3, 0.4) is 0 Å². The van der Waals surface area contributed by atoms with Crippen molar-refractivity contribution in [3.05, 3.63) is 82.5 Å². The topological polar surface area (TPSA) is 97.2 Å². The number of pyridine rings is 1. The minimum atomic E-state index is -4.65. The molecule has 1 N–H and O–H groups in total. The maximum Gasteiger partial charge on any atom is 0.451 e. The highest BCUT2D eigenvalue weighted by Gasteiger charge is 2.35. The maximum absolute atomic E-state index is 14.6. The Morgan fingerprint density at radius 2 is 1.81 bits per heavy atom. The van der Waals surface area contributed by atoms with Crippen LogP contribution in [0.4, 0.5) is 27.6 Å². The number of benzene rings is 2. The molecule has 0 aliphatic carbocycles. The lowest BCUT2D eigenvalue weighted by molar-refractivity contribution is -0.144. The minimum absolute atomic E-state index is 0.0267. The summed E-state index contributed by atoms with van der Waals surface area (Å²) in [6, 6.07) is 10.5. The van der Waals surface area contributed by atoms with Gasteiger partial charge in [0.05, 0.1) is 36.4 Å². The molecule has 1 atom stereocenters. The molecule has 0 bridgehead atoms. The van der Waals surface area contributed by atoms with Gasteiger partial charge in [0.2, 0.25) is 5.82 Å². The SMILES string of the molecule is Fc1cc(Cl)ccc1COc1cc(N2CCN(Cc3nc4cc(-c5n[nH]c(C(F)(F)F)n5)ncc4n3CC3CCO3)CC2)ccc1F. The predicted octanol–water partition coefficient (Wildman–Crippen LogP) is 5.86. The first-order chi connectivity index (χ1) is 22.6. The molecule has 246 valence electrons. The number of aromatic amines is 1. The van der Waals surface area contributed by atoms with E-state index in [0.717, 1.165) is 23.4 Å². The summed E-state index contributed by atoms with van der Waals surface area (Å²) in [4.78, 5) is 17.1. The molecule has 0 saturated carbocycles. The van der Waals surface area contributed by atoms with Crippen LogP contribution < -0.4 is 9.64 Å². The van der Waals surface area contributed by atoms with E-state index in [1.54, 1.807) is 30.5 Å². The summed E-state index contributed by atoms with van der Waals surface area (Å²) < 4.78 is 81.3. The van der Waals surface area contributed by atoms with E-state index in [2.05, 4.69) is 29.4 Å². The Morgan fingerprint density at radius 3 is 2.51 bits per heavy atom. The molecule has 0 spiro atoms. The van der Waals surface area contributed by atoms with Gasteiger partial charge in [-0.2, -0.15) is 18.3 Å². The number of imidazole rings is 1. The fraction of sp³-hybridized carbons (Fsp3) is 0.355. The number of fused-ring (bicyclic) bond motifs is 1. The number of aromatic nitrogens is 6. The third-order valence-corrected chi connectivity index (χ3v) is 8.53. The second kappa shape index (κ2) is 12.7. The molecule has 10 nitrogen and oxygen atoms in total. The van der Waals surface area contributed by atoms with Crippen molar-refractivity contribution in [2.45, 2.75) is 38.4 Å². The number of ether oxygens (including phenoxy) is 2. The lowest BCUT2D eigenvalue weighted by Crippen LogP contribution is -2.46. The standard InChI is InChI=1S/C31H28ClF5N8O2/c32-19-2-1-18(23(34)11-19)17-47-27-12-20(3-4-22(27)33)44-8-6-43(7-9-44)16-28-39-24-13-25(29-40-30(42-41-29)31(35,36)37)38-14-26(24)45(28)15-21-5-10-46-21/h1-4,11-14,21H,5-10,15-17H2,(H,40,41,42). The molecule has 47 heavy (non-hydrogen) atoms. The van der Waals surface area contributed by atoms with E-state index in [0.29, 0.717) is 51.4 Å². The molecule has 1 unspecified atom stereocenters. The van der Waals surface area contributed by atoms with Crippen molar-refractivity contribution in [3.63, 3.8) is 0 Å². The molecule has 5 heterocycles. The zero-order valence-electron chi connectivity index (χ0n) is 24.8. The van der Waals surface area contributed by atoms with Gasteiger partial charge in [-0.15, -0.1) is 0 Å². The van der Waals surface area contributed by atoms with E-state index in [4.69, 9.17) is 26.1 Å². The molecule has 2 saturated heterocycles.